The van der Waals surface area contributed by atoms with E-state index in [9.17, 15) is 14.3 Å². The Labute approximate surface area is 116 Å². The molecule has 2 nitrogen and oxygen atoms in total. The van der Waals surface area contributed by atoms with Crippen molar-refractivity contribution in [2.45, 2.75) is 12.3 Å². The summed E-state index contributed by atoms with van der Waals surface area (Å²) >= 11 is 4.83. The first-order valence-corrected chi connectivity index (χ1v) is 6.89. The molecule has 0 aliphatic heterocycles. The zero-order chi connectivity index (χ0) is 13.1. The highest BCUT2D eigenvalue weighted by Gasteiger charge is 2.21. The van der Waals surface area contributed by atoms with E-state index in [1.165, 1.54) is 29.5 Å². The first-order chi connectivity index (χ1) is 8.56. The molecule has 0 fully saturated rings. The van der Waals surface area contributed by atoms with Crippen LogP contribution in [0.15, 0.2) is 40.2 Å². The molecule has 2 rings (SSSR count). The fourth-order valence-corrected chi connectivity index (χ4v) is 3.26. The minimum atomic E-state index is -0.940. The number of hydrogen-bond acceptors (Lipinski definition) is 2. The van der Waals surface area contributed by atoms with E-state index in [4.69, 9.17) is 0 Å². The van der Waals surface area contributed by atoms with Crippen LogP contribution in [0.25, 0.3) is 0 Å². The van der Waals surface area contributed by atoms with Gasteiger partial charge < -0.3 is 5.11 Å². The van der Waals surface area contributed by atoms with Gasteiger partial charge in [0.1, 0.15) is 5.82 Å². The summed E-state index contributed by atoms with van der Waals surface area (Å²) in [6, 6.07) is 9.52. The summed E-state index contributed by atoms with van der Waals surface area (Å²) < 4.78 is 14.1. The number of carbonyl (C=O) groups is 1. The lowest BCUT2D eigenvalue weighted by Crippen LogP contribution is -2.14. The lowest BCUT2D eigenvalue weighted by Gasteiger charge is -2.11. The van der Waals surface area contributed by atoms with E-state index in [-0.39, 0.29) is 0 Å². The van der Waals surface area contributed by atoms with Gasteiger partial charge in [0.2, 0.25) is 0 Å². The summed E-state index contributed by atoms with van der Waals surface area (Å²) in [6.07, 6.45) is 0.370. The predicted octanol–water partition coefficient (Wildman–Crippen LogP) is 4.06. The Bertz CT molecular complexity index is 568. The minimum absolute atomic E-state index is 0.370. The molecule has 1 N–H and O–H groups in total. The van der Waals surface area contributed by atoms with Gasteiger partial charge >= 0.3 is 5.97 Å². The molecule has 5 heteroatoms. The summed E-state index contributed by atoms with van der Waals surface area (Å²) in [5.74, 6) is -2.07. The largest absolute Gasteiger partial charge is 0.481 e. The van der Waals surface area contributed by atoms with Gasteiger partial charge in [-0.2, -0.15) is 0 Å². The molecule has 0 radical (unpaired) electrons. The van der Waals surface area contributed by atoms with Crippen LogP contribution in [0.4, 0.5) is 4.39 Å². The highest BCUT2D eigenvalue weighted by molar-refractivity contribution is 9.11. The molecule has 1 aromatic carbocycles. The Morgan fingerprint density at radius 1 is 1.39 bits per heavy atom. The van der Waals surface area contributed by atoms with Gasteiger partial charge in [0.25, 0.3) is 0 Å². The van der Waals surface area contributed by atoms with E-state index >= 15 is 0 Å². The van der Waals surface area contributed by atoms with Gasteiger partial charge in [-0.3, -0.25) is 4.79 Å². The fourth-order valence-electron chi connectivity index (χ4n) is 1.73. The average Bonchev–Trinajstić information content (AvgIpc) is 2.71. The second-order valence-electron chi connectivity index (χ2n) is 3.86. The van der Waals surface area contributed by atoms with Crippen molar-refractivity contribution >= 4 is 33.2 Å². The number of thiophene rings is 1. The lowest BCUT2D eigenvalue weighted by atomic mass is 9.95. The maximum atomic E-state index is 13.1. The van der Waals surface area contributed by atoms with Crippen molar-refractivity contribution < 1.29 is 14.3 Å². The Balaban J connectivity index is 2.26. The highest BCUT2D eigenvalue weighted by Crippen LogP contribution is 2.28. The van der Waals surface area contributed by atoms with E-state index in [2.05, 4.69) is 15.9 Å². The van der Waals surface area contributed by atoms with Crippen LogP contribution in [-0.4, -0.2) is 11.1 Å². The van der Waals surface area contributed by atoms with Crippen molar-refractivity contribution in [3.8, 4) is 0 Å². The number of hydrogen-bond donors (Lipinski definition) is 1. The summed E-state index contributed by atoms with van der Waals surface area (Å²) in [5.41, 5.74) is 0.493. The molecule has 1 unspecified atom stereocenters. The van der Waals surface area contributed by atoms with E-state index < -0.39 is 17.7 Å². The summed E-state index contributed by atoms with van der Waals surface area (Å²) in [4.78, 5) is 12.2. The van der Waals surface area contributed by atoms with Crippen LogP contribution in [0.2, 0.25) is 0 Å². The Morgan fingerprint density at radius 2 is 2.17 bits per heavy atom. The quantitative estimate of drug-likeness (QED) is 0.918. The second kappa shape index (κ2) is 5.63. The molecule has 94 valence electrons. The third kappa shape index (κ3) is 3.17. The maximum Gasteiger partial charge on any atom is 0.311 e. The lowest BCUT2D eigenvalue weighted by molar-refractivity contribution is -0.138. The number of halogens is 2. The van der Waals surface area contributed by atoms with Crippen LogP contribution in [0.5, 0.6) is 0 Å². The fraction of sp³-hybridized carbons (Fsp3) is 0.154. The van der Waals surface area contributed by atoms with E-state index in [0.717, 1.165) is 8.66 Å². The molecule has 1 heterocycles. The molecule has 0 aliphatic carbocycles. The first kappa shape index (κ1) is 13.2. The zero-order valence-electron chi connectivity index (χ0n) is 9.27. The van der Waals surface area contributed by atoms with Gasteiger partial charge in [0, 0.05) is 4.88 Å². The van der Waals surface area contributed by atoms with Crippen LogP contribution in [0.3, 0.4) is 0 Å². The van der Waals surface area contributed by atoms with Crippen LogP contribution in [0.1, 0.15) is 16.4 Å². The Kier molecular flexibility index (Phi) is 4.14. The molecule has 1 aromatic heterocycles. The van der Waals surface area contributed by atoms with Crippen LogP contribution < -0.4 is 0 Å². The molecule has 1 atom stereocenters. The van der Waals surface area contributed by atoms with Gasteiger partial charge in [0.05, 0.1) is 9.70 Å². The SMILES string of the molecule is O=C(O)C(Cc1ccc(Br)s1)c1cccc(F)c1. The average molecular weight is 329 g/mol. The van der Waals surface area contributed by atoms with Gasteiger partial charge in [-0.15, -0.1) is 11.3 Å². The van der Waals surface area contributed by atoms with E-state index in [1.807, 2.05) is 12.1 Å². The third-order valence-electron chi connectivity index (χ3n) is 2.58. The van der Waals surface area contributed by atoms with Crippen molar-refractivity contribution in [1.82, 2.24) is 0 Å². The number of benzene rings is 1. The number of rotatable bonds is 4. The van der Waals surface area contributed by atoms with Crippen LogP contribution in [0, 0.1) is 5.82 Å². The summed E-state index contributed by atoms with van der Waals surface area (Å²) in [5, 5.41) is 9.26. The topological polar surface area (TPSA) is 37.3 Å². The number of aliphatic carboxylic acids is 1. The number of carboxylic acids is 1. The van der Waals surface area contributed by atoms with E-state index in [1.54, 1.807) is 6.07 Å². The van der Waals surface area contributed by atoms with Crippen LogP contribution >= 0.6 is 27.3 Å². The molecule has 0 spiro atoms. The molecule has 18 heavy (non-hydrogen) atoms. The molecule has 0 amide bonds. The van der Waals surface area contributed by atoms with Gasteiger partial charge in [0.15, 0.2) is 0 Å². The molecule has 2 aromatic rings. The summed E-state index contributed by atoms with van der Waals surface area (Å²) in [7, 11) is 0. The molecule has 0 bridgehead atoms. The monoisotopic (exact) mass is 328 g/mol. The third-order valence-corrected chi connectivity index (χ3v) is 4.23. The van der Waals surface area contributed by atoms with Gasteiger partial charge in [-0.05, 0) is 52.2 Å². The zero-order valence-corrected chi connectivity index (χ0v) is 11.7. The number of carboxylic acid groups (broad SMARTS) is 1. The molecular formula is C13H10BrFO2S. The van der Waals surface area contributed by atoms with Gasteiger partial charge in [-0.25, -0.2) is 4.39 Å². The maximum absolute atomic E-state index is 13.1. The van der Waals surface area contributed by atoms with Crippen molar-refractivity contribution in [1.29, 1.82) is 0 Å². The smallest absolute Gasteiger partial charge is 0.311 e. The predicted molar refractivity (Wildman–Crippen MR) is 72.5 cm³/mol. The van der Waals surface area contributed by atoms with Gasteiger partial charge in [-0.1, -0.05) is 12.1 Å². The second-order valence-corrected chi connectivity index (χ2v) is 6.40. The highest BCUT2D eigenvalue weighted by atomic mass is 79.9. The normalized spacial score (nSPS) is 12.3. The van der Waals surface area contributed by atoms with Crippen molar-refractivity contribution in [2.75, 3.05) is 0 Å². The standard InChI is InChI=1S/C13H10BrFO2S/c14-12-5-4-10(18-12)7-11(13(16)17)8-2-1-3-9(15)6-8/h1-6,11H,7H2,(H,16,17). The molecule has 0 saturated carbocycles. The van der Waals surface area contributed by atoms with Crippen molar-refractivity contribution in [2.24, 2.45) is 0 Å². The molecule has 0 aliphatic rings. The van der Waals surface area contributed by atoms with Crippen molar-refractivity contribution in [3.05, 3.63) is 56.4 Å². The summed E-state index contributed by atoms with van der Waals surface area (Å²) in [6.45, 7) is 0. The van der Waals surface area contributed by atoms with Crippen LogP contribution in [-0.2, 0) is 11.2 Å². The van der Waals surface area contributed by atoms with Crippen molar-refractivity contribution in [3.63, 3.8) is 0 Å². The molecular weight excluding hydrogens is 319 g/mol. The minimum Gasteiger partial charge on any atom is -0.481 e. The Morgan fingerprint density at radius 3 is 2.72 bits per heavy atom. The van der Waals surface area contributed by atoms with E-state index in [0.29, 0.717) is 12.0 Å². The molecule has 0 saturated heterocycles. The first-order valence-electron chi connectivity index (χ1n) is 5.29. The Hall–Kier alpha value is -1.20.